The fourth-order valence-corrected chi connectivity index (χ4v) is 2.71. The molecule has 0 bridgehead atoms. The summed E-state index contributed by atoms with van der Waals surface area (Å²) in [6.07, 6.45) is 0.957. The van der Waals surface area contributed by atoms with Crippen molar-refractivity contribution in [2.24, 2.45) is 0 Å². The first-order valence-electron chi connectivity index (χ1n) is 8.05. The van der Waals surface area contributed by atoms with Crippen LogP contribution in [0.2, 0.25) is 0 Å². The Balaban J connectivity index is 1.53. The minimum Gasteiger partial charge on any atom is -0.497 e. The van der Waals surface area contributed by atoms with Crippen LogP contribution in [0.25, 0.3) is 0 Å². The summed E-state index contributed by atoms with van der Waals surface area (Å²) in [6.45, 7) is 0.750. The maximum Gasteiger partial charge on any atom is 0.231 e. The van der Waals surface area contributed by atoms with E-state index < -0.39 is 0 Å². The summed E-state index contributed by atoms with van der Waals surface area (Å²) in [5, 5.41) is 2.93. The van der Waals surface area contributed by atoms with Crippen molar-refractivity contribution in [3.63, 3.8) is 0 Å². The van der Waals surface area contributed by atoms with E-state index in [1.807, 2.05) is 36.4 Å². The number of methoxy groups -OCH3 is 2. The first-order valence-corrected chi connectivity index (χ1v) is 8.05. The van der Waals surface area contributed by atoms with Crippen molar-refractivity contribution < 1.29 is 23.7 Å². The van der Waals surface area contributed by atoms with Crippen LogP contribution in [-0.4, -0.2) is 33.5 Å². The Kier molecular flexibility index (Phi) is 5.28. The van der Waals surface area contributed by atoms with Gasteiger partial charge in [0.15, 0.2) is 11.5 Å². The Morgan fingerprint density at radius 3 is 2.72 bits per heavy atom. The van der Waals surface area contributed by atoms with Crippen LogP contribution in [0.4, 0.5) is 0 Å². The highest BCUT2D eigenvalue weighted by Gasteiger charge is 2.14. The predicted molar refractivity (Wildman–Crippen MR) is 92.5 cm³/mol. The summed E-state index contributed by atoms with van der Waals surface area (Å²) in [4.78, 5) is 12.1. The van der Waals surface area contributed by atoms with Crippen molar-refractivity contribution in [3.05, 3.63) is 47.5 Å². The molecule has 6 nitrogen and oxygen atoms in total. The number of hydrogen-bond acceptors (Lipinski definition) is 5. The Labute approximate surface area is 146 Å². The van der Waals surface area contributed by atoms with E-state index in [-0.39, 0.29) is 12.7 Å². The molecular weight excluding hydrogens is 322 g/mol. The quantitative estimate of drug-likeness (QED) is 0.836. The van der Waals surface area contributed by atoms with Gasteiger partial charge in [-0.05, 0) is 47.9 Å². The third kappa shape index (κ3) is 4.15. The zero-order chi connectivity index (χ0) is 17.6. The van der Waals surface area contributed by atoms with Gasteiger partial charge in [-0.1, -0.05) is 6.07 Å². The van der Waals surface area contributed by atoms with Gasteiger partial charge in [-0.15, -0.1) is 0 Å². The maximum absolute atomic E-state index is 12.1. The molecule has 1 aliphatic rings. The van der Waals surface area contributed by atoms with Gasteiger partial charge in [-0.2, -0.15) is 0 Å². The second-order valence-electron chi connectivity index (χ2n) is 5.64. The van der Waals surface area contributed by atoms with Crippen molar-refractivity contribution in [2.75, 3.05) is 27.6 Å². The average Bonchev–Trinajstić information content (AvgIpc) is 3.09. The molecule has 0 unspecified atom stereocenters. The molecule has 0 atom stereocenters. The van der Waals surface area contributed by atoms with Gasteiger partial charge in [0.05, 0.1) is 20.6 Å². The van der Waals surface area contributed by atoms with Gasteiger partial charge in [0, 0.05) is 6.54 Å². The molecule has 0 aromatic heterocycles. The van der Waals surface area contributed by atoms with Gasteiger partial charge in [0.1, 0.15) is 11.5 Å². The van der Waals surface area contributed by atoms with Gasteiger partial charge in [0.25, 0.3) is 0 Å². The average molecular weight is 343 g/mol. The third-order valence-electron chi connectivity index (χ3n) is 4.01. The number of nitrogens with one attached hydrogen (secondary N) is 1. The lowest BCUT2D eigenvalue weighted by Gasteiger charge is -2.11. The Morgan fingerprint density at radius 2 is 1.92 bits per heavy atom. The molecule has 1 heterocycles. The van der Waals surface area contributed by atoms with Crippen molar-refractivity contribution in [1.82, 2.24) is 5.32 Å². The highest BCUT2D eigenvalue weighted by atomic mass is 16.7. The van der Waals surface area contributed by atoms with Crippen LogP contribution < -0.4 is 24.3 Å². The van der Waals surface area contributed by atoms with E-state index in [0.29, 0.717) is 30.9 Å². The smallest absolute Gasteiger partial charge is 0.231 e. The number of fused-ring (bicyclic) bond motifs is 1. The van der Waals surface area contributed by atoms with E-state index in [9.17, 15) is 4.79 Å². The van der Waals surface area contributed by atoms with Crippen molar-refractivity contribution in [3.8, 4) is 23.0 Å². The van der Waals surface area contributed by atoms with Crippen LogP contribution in [0.15, 0.2) is 36.4 Å². The lowest BCUT2D eigenvalue weighted by Crippen LogP contribution is -2.27. The van der Waals surface area contributed by atoms with E-state index in [2.05, 4.69) is 5.32 Å². The topological polar surface area (TPSA) is 66.0 Å². The minimum absolute atomic E-state index is 0.0410. The molecule has 0 aliphatic carbocycles. The van der Waals surface area contributed by atoms with Crippen LogP contribution in [-0.2, 0) is 17.6 Å². The highest BCUT2D eigenvalue weighted by molar-refractivity contribution is 5.78. The molecule has 0 fully saturated rings. The number of benzene rings is 2. The minimum atomic E-state index is -0.0410. The fraction of sp³-hybridized carbons (Fsp3) is 0.316. The van der Waals surface area contributed by atoms with Crippen LogP contribution in [0.1, 0.15) is 11.1 Å². The molecule has 2 aromatic carbocycles. The Hall–Kier alpha value is -2.89. The molecule has 0 spiro atoms. The zero-order valence-corrected chi connectivity index (χ0v) is 14.3. The van der Waals surface area contributed by atoms with Crippen LogP contribution in [0, 0.1) is 0 Å². The second kappa shape index (κ2) is 7.79. The standard InChI is InChI=1S/C19H21NO5/c1-22-15-4-6-16(23-2)14(11-15)7-8-20-19(21)10-13-3-5-17-18(9-13)25-12-24-17/h3-6,9,11H,7-8,10,12H2,1-2H3,(H,20,21). The number of carbonyl (C=O) groups is 1. The third-order valence-corrected chi connectivity index (χ3v) is 4.01. The van der Waals surface area contributed by atoms with Crippen molar-refractivity contribution in [2.45, 2.75) is 12.8 Å². The molecular formula is C19H21NO5. The Bertz CT molecular complexity index is 759. The molecule has 1 N–H and O–H groups in total. The number of hydrogen-bond donors (Lipinski definition) is 1. The second-order valence-corrected chi connectivity index (χ2v) is 5.64. The molecule has 1 aliphatic heterocycles. The van der Waals surface area contributed by atoms with Crippen molar-refractivity contribution in [1.29, 1.82) is 0 Å². The van der Waals surface area contributed by atoms with Gasteiger partial charge in [-0.25, -0.2) is 0 Å². The number of carbonyl (C=O) groups excluding carboxylic acids is 1. The number of rotatable bonds is 7. The summed E-state index contributed by atoms with van der Waals surface area (Å²) < 4.78 is 21.2. The van der Waals surface area contributed by atoms with E-state index in [4.69, 9.17) is 18.9 Å². The lowest BCUT2D eigenvalue weighted by atomic mass is 10.1. The molecule has 2 aromatic rings. The number of amides is 1. The Morgan fingerprint density at radius 1 is 1.08 bits per heavy atom. The van der Waals surface area contributed by atoms with E-state index in [1.54, 1.807) is 14.2 Å². The summed E-state index contributed by atoms with van der Waals surface area (Å²) in [7, 11) is 3.25. The van der Waals surface area contributed by atoms with Crippen LogP contribution >= 0.6 is 0 Å². The molecule has 0 saturated heterocycles. The van der Waals surface area contributed by atoms with E-state index >= 15 is 0 Å². The molecule has 1 amide bonds. The van der Waals surface area contributed by atoms with Gasteiger partial charge in [-0.3, -0.25) is 4.79 Å². The molecule has 6 heteroatoms. The SMILES string of the molecule is COc1ccc(OC)c(CCNC(=O)Cc2ccc3c(c2)OCO3)c1. The molecule has 0 radical (unpaired) electrons. The monoisotopic (exact) mass is 343 g/mol. The fourth-order valence-electron chi connectivity index (χ4n) is 2.71. The zero-order valence-electron chi connectivity index (χ0n) is 14.3. The van der Waals surface area contributed by atoms with Crippen LogP contribution in [0.5, 0.6) is 23.0 Å². The maximum atomic E-state index is 12.1. The van der Waals surface area contributed by atoms with Gasteiger partial charge < -0.3 is 24.3 Å². The molecule has 0 saturated carbocycles. The first kappa shape index (κ1) is 17.0. The van der Waals surface area contributed by atoms with Crippen molar-refractivity contribution >= 4 is 5.91 Å². The highest BCUT2D eigenvalue weighted by Crippen LogP contribution is 2.32. The largest absolute Gasteiger partial charge is 0.497 e. The molecule has 132 valence electrons. The van der Waals surface area contributed by atoms with E-state index in [1.165, 1.54) is 0 Å². The predicted octanol–water partition coefficient (Wildman–Crippen LogP) is 2.33. The number of ether oxygens (including phenoxy) is 4. The summed E-state index contributed by atoms with van der Waals surface area (Å²) in [6, 6.07) is 11.2. The molecule has 25 heavy (non-hydrogen) atoms. The summed E-state index contributed by atoms with van der Waals surface area (Å²) in [5.41, 5.74) is 1.88. The first-order chi connectivity index (χ1) is 12.2. The van der Waals surface area contributed by atoms with Gasteiger partial charge in [0.2, 0.25) is 12.7 Å². The summed E-state index contributed by atoms with van der Waals surface area (Å²) in [5.74, 6) is 2.91. The van der Waals surface area contributed by atoms with Crippen LogP contribution in [0.3, 0.4) is 0 Å². The van der Waals surface area contributed by atoms with E-state index in [0.717, 1.165) is 22.6 Å². The van der Waals surface area contributed by atoms with Gasteiger partial charge >= 0.3 is 0 Å². The lowest BCUT2D eigenvalue weighted by molar-refractivity contribution is -0.120. The summed E-state index contributed by atoms with van der Waals surface area (Å²) >= 11 is 0. The molecule has 3 rings (SSSR count). The normalized spacial score (nSPS) is 11.9.